The highest BCUT2D eigenvalue weighted by molar-refractivity contribution is 5.23. The van der Waals surface area contributed by atoms with Crippen molar-refractivity contribution in [3.05, 3.63) is 71.0 Å². The first-order valence-corrected chi connectivity index (χ1v) is 6.13. The quantitative estimate of drug-likeness (QED) is 0.558. The lowest BCUT2D eigenvalue weighted by atomic mass is 10.1. The van der Waals surface area contributed by atoms with Crippen LogP contribution >= 0.6 is 0 Å². The van der Waals surface area contributed by atoms with Crippen molar-refractivity contribution in [2.45, 2.75) is 27.7 Å². The highest BCUT2D eigenvalue weighted by atomic mass is 19.2. The van der Waals surface area contributed by atoms with Crippen molar-refractivity contribution >= 4 is 0 Å². The van der Waals surface area contributed by atoms with Gasteiger partial charge in [-0.2, -0.15) is 0 Å². The Balaban J connectivity index is 0.000000303. The van der Waals surface area contributed by atoms with Gasteiger partial charge in [0.2, 0.25) is 0 Å². The van der Waals surface area contributed by atoms with E-state index in [1.807, 2.05) is 13.8 Å². The van der Waals surface area contributed by atoms with Crippen molar-refractivity contribution in [1.29, 1.82) is 0 Å². The summed E-state index contributed by atoms with van der Waals surface area (Å²) in [5.41, 5.74) is 2.74. The first-order valence-electron chi connectivity index (χ1n) is 6.13. The Morgan fingerprint density at radius 1 is 0.684 bits per heavy atom. The molecule has 0 spiro atoms. The van der Waals surface area contributed by atoms with Crippen LogP contribution in [0.3, 0.4) is 0 Å². The smallest absolute Gasteiger partial charge is 0.161 e. The Labute approximate surface area is 112 Å². The predicted molar refractivity (Wildman–Crippen MR) is 73.6 cm³/mol. The topological polar surface area (TPSA) is 0 Å². The lowest BCUT2D eigenvalue weighted by Gasteiger charge is -1.93. The lowest BCUT2D eigenvalue weighted by Crippen LogP contribution is -1.83. The van der Waals surface area contributed by atoms with E-state index in [1.165, 1.54) is 11.1 Å². The van der Waals surface area contributed by atoms with E-state index in [1.54, 1.807) is 0 Å². The van der Waals surface area contributed by atoms with Gasteiger partial charge in [0.05, 0.1) is 0 Å². The van der Waals surface area contributed by atoms with Crippen LogP contribution in [-0.4, -0.2) is 0 Å². The van der Waals surface area contributed by atoms with E-state index < -0.39 is 17.5 Å². The molecule has 0 saturated carbocycles. The minimum absolute atomic E-state index is 0.495. The van der Waals surface area contributed by atoms with Gasteiger partial charge in [-0.3, -0.25) is 0 Å². The van der Waals surface area contributed by atoms with Gasteiger partial charge < -0.3 is 0 Å². The molecule has 0 saturated heterocycles. The van der Waals surface area contributed by atoms with E-state index in [0.29, 0.717) is 6.07 Å². The van der Waals surface area contributed by atoms with Crippen LogP contribution in [-0.2, 0) is 0 Å². The predicted octanol–water partition coefficient (Wildman–Crippen LogP) is 5.43. The molecule has 0 amide bonds. The van der Waals surface area contributed by atoms with Crippen LogP contribution < -0.4 is 0 Å². The maximum absolute atomic E-state index is 12.0. The zero-order chi connectivity index (χ0) is 14.8. The molecule has 0 N–H and O–H groups in total. The highest BCUT2D eigenvalue weighted by Crippen LogP contribution is 2.06. The second kappa shape index (κ2) is 9.20. The van der Waals surface area contributed by atoms with Crippen LogP contribution in [0.2, 0.25) is 0 Å². The number of aryl methyl sites for hydroxylation is 2. The van der Waals surface area contributed by atoms with E-state index in [-0.39, 0.29) is 0 Å². The molecule has 0 heterocycles. The summed E-state index contributed by atoms with van der Waals surface area (Å²) in [5.74, 6) is -2.96. The number of benzene rings is 2. The summed E-state index contributed by atoms with van der Waals surface area (Å²) < 4.78 is 35.9. The van der Waals surface area contributed by atoms with Gasteiger partial charge in [-0.1, -0.05) is 38.1 Å². The molecular weight excluding hydrogens is 249 g/mol. The molecule has 2 rings (SSSR count). The van der Waals surface area contributed by atoms with Gasteiger partial charge in [0.1, 0.15) is 5.82 Å². The van der Waals surface area contributed by atoms with E-state index in [2.05, 4.69) is 38.1 Å². The van der Waals surface area contributed by atoms with Crippen molar-refractivity contribution in [3.63, 3.8) is 0 Å². The SMILES string of the molecule is CC.Cc1ccccc1C.Fc1ccc(F)c(F)c1. The normalized spacial score (nSPS) is 8.79. The Bertz CT molecular complexity index is 472. The van der Waals surface area contributed by atoms with Crippen LogP contribution in [0.4, 0.5) is 13.2 Å². The van der Waals surface area contributed by atoms with E-state index in [4.69, 9.17) is 0 Å². The van der Waals surface area contributed by atoms with Crippen molar-refractivity contribution in [2.24, 2.45) is 0 Å². The molecule has 0 aromatic heterocycles. The monoisotopic (exact) mass is 268 g/mol. The maximum atomic E-state index is 12.0. The number of hydrogen-bond acceptors (Lipinski definition) is 0. The van der Waals surface area contributed by atoms with Crippen molar-refractivity contribution in [1.82, 2.24) is 0 Å². The molecule has 0 nitrogen and oxygen atoms in total. The first-order chi connectivity index (χ1) is 9.00. The Morgan fingerprint density at radius 2 is 1.16 bits per heavy atom. The fourth-order valence-corrected chi connectivity index (χ4v) is 1.13. The van der Waals surface area contributed by atoms with Gasteiger partial charge in [0.15, 0.2) is 11.6 Å². The highest BCUT2D eigenvalue weighted by Gasteiger charge is 1.99. The largest absolute Gasteiger partial charge is 0.207 e. The van der Waals surface area contributed by atoms with Gasteiger partial charge in [0.25, 0.3) is 0 Å². The number of hydrogen-bond donors (Lipinski definition) is 0. The molecule has 0 bridgehead atoms. The fraction of sp³-hybridized carbons (Fsp3) is 0.250. The third-order valence-electron chi connectivity index (χ3n) is 2.31. The van der Waals surface area contributed by atoms with Crippen LogP contribution in [0.25, 0.3) is 0 Å². The van der Waals surface area contributed by atoms with Gasteiger partial charge in [-0.05, 0) is 37.1 Å². The molecule has 2 aromatic rings. The Hall–Kier alpha value is -1.77. The average molecular weight is 268 g/mol. The molecule has 0 aliphatic carbocycles. The summed E-state index contributed by atoms with van der Waals surface area (Å²) in [7, 11) is 0. The summed E-state index contributed by atoms with van der Waals surface area (Å²) in [4.78, 5) is 0. The number of halogens is 3. The van der Waals surface area contributed by atoms with Gasteiger partial charge in [-0.15, -0.1) is 0 Å². The van der Waals surface area contributed by atoms with Crippen molar-refractivity contribution in [3.8, 4) is 0 Å². The molecule has 0 atom stereocenters. The molecule has 0 unspecified atom stereocenters. The third-order valence-corrected chi connectivity index (χ3v) is 2.31. The van der Waals surface area contributed by atoms with Crippen LogP contribution in [0, 0.1) is 31.3 Å². The molecule has 0 aliphatic heterocycles. The minimum Gasteiger partial charge on any atom is -0.207 e. The molecule has 0 aliphatic rings. The van der Waals surface area contributed by atoms with Crippen molar-refractivity contribution < 1.29 is 13.2 Å². The minimum atomic E-state index is -1.16. The zero-order valence-corrected chi connectivity index (χ0v) is 11.7. The first kappa shape index (κ1) is 17.2. The van der Waals surface area contributed by atoms with Gasteiger partial charge in [-0.25, -0.2) is 13.2 Å². The summed E-state index contributed by atoms with van der Waals surface area (Å²) in [6.07, 6.45) is 0. The standard InChI is InChI=1S/C8H10.C6H3F3.C2H6/c1-7-5-3-4-6-8(7)2;7-4-1-2-5(8)6(9)3-4;1-2/h3-6H,1-2H3;1-3H;1-2H3. The Morgan fingerprint density at radius 3 is 1.47 bits per heavy atom. The fourth-order valence-electron chi connectivity index (χ4n) is 1.13. The Kier molecular flexibility index (Phi) is 8.34. The second-order valence-corrected chi connectivity index (χ2v) is 3.64. The summed E-state index contributed by atoms with van der Waals surface area (Å²) >= 11 is 0. The molecule has 2 aromatic carbocycles. The molecule has 0 radical (unpaired) electrons. The second-order valence-electron chi connectivity index (χ2n) is 3.64. The van der Waals surface area contributed by atoms with E-state index in [0.717, 1.165) is 12.1 Å². The van der Waals surface area contributed by atoms with E-state index >= 15 is 0 Å². The maximum Gasteiger partial charge on any atom is 0.161 e. The molecule has 3 heteroatoms. The van der Waals surface area contributed by atoms with Gasteiger partial charge in [0, 0.05) is 6.07 Å². The molecule has 19 heavy (non-hydrogen) atoms. The van der Waals surface area contributed by atoms with Crippen molar-refractivity contribution in [2.75, 3.05) is 0 Å². The van der Waals surface area contributed by atoms with E-state index in [9.17, 15) is 13.2 Å². The van der Waals surface area contributed by atoms with Crippen LogP contribution in [0.5, 0.6) is 0 Å². The molecule has 104 valence electrons. The van der Waals surface area contributed by atoms with Gasteiger partial charge >= 0.3 is 0 Å². The zero-order valence-electron chi connectivity index (χ0n) is 11.7. The summed E-state index contributed by atoms with van der Waals surface area (Å²) in [5, 5.41) is 0. The molecular formula is C16H19F3. The van der Waals surface area contributed by atoms with Crippen LogP contribution in [0.1, 0.15) is 25.0 Å². The lowest BCUT2D eigenvalue weighted by molar-refractivity contribution is 0.495. The third kappa shape index (κ3) is 6.65. The van der Waals surface area contributed by atoms with Crippen LogP contribution in [0.15, 0.2) is 42.5 Å². The summed E-state index contributed by atoms with van der Waals surface area (Å²) in [6.45, 7) is 8.24. The number of rotatable bonds is 0. The average Bonchev–Trinajstić information content (AvgIpc) is 2.41. The summed E-state index contributed by atoms with van der Waals surface area (Å²) in [6, 6.07) is 10.5. The molecule has 0 fully saturated rings.